The molecule has 1 aromatic heterocycles. The van der Waals surface area contributed by atoms with Crippen LogP contribution in [-0.4, -0.2) is 24.7 Å². The molecule has 0 aliphatic rings. The third-order valence-electron chi connectivity index (χ3n) is 4.32. The number of nitrogens with zero attached hydrogens (tertiary/aromatic N) is 2. The van der Waals surface area contributed by atoms with E-state index >= 15 is 0 Å². The second-order valence-electron chi connectivity index (χ2n) is 5.97. The van der Waals surface area contributed by atoms with Crippen molar-refractivity contribution in [2.45, 2.75) is 19.8 Å². The topological polar surface area (TPSA) is 52.8 Å². The van der Waals surface area contributed by atoms with Crippen molar-refractivity contribution in [3.8, 4) is 11.5 Å². The lowest BCUT2D eigenvalue weighted by Crippen LogP contribution is -2.14. The minimum Gasteiger partial charge on any atom is -0.493 e. The Labute approximate surface area is 156 Å². The first-order valence-corrected chi connectivity index (χ1v) is 9.24. The van der Waals surface area contributed by atoms with Crippen molar-refractivity contribution >= 4 is 27.5 Å². The molecule has 3 aromatic rings. The van der Waals surface area contributed by atoms with Crippen LogP contribution in [0.4, 0.5) is 0 Å². The van der Waals surface area contributed by atoms with E-state index in [1.54, 1.807) is 14.2 Å². The Morgan fingerprint density at radius 3 is 2.31 bits per heavy atom. The van der Waals surface area contributed by atoms with Crippen molar-refractivity contribution in [3.05, 3.63) is 52.3 Å². The van der Waals surface area contributed by atoms with E-state index in [2.05, 4.69) is 24.0 Å². The summed E-state index contributed by atoms with van der Waals surface area (Å²) >= 11 is 1.46. The molecule has 3 rings (SSSR count). The number of fused-ring (bicyclic) bond motifs is 1. The molecular formula is C20H22N2O3S. The smallest absolute Gasteiger partial charge is 0.252 e. The Balaban J connectivity index is 1.92. The predicted molar refractivity (Wildman–Crippen MR) is 104 cm³/mol. The molecular weight excluding hydrogens is 348 g/mol. The van der Waals surface area contributed by atoms with Crippen molar-refractivity contribution in [2.75, 3.05) is 14.2 Å². The highest BCUT2D eigenvalue weighted by Crippen LogP contribution is 2.32. The van der Waals surface area contributed by atoms with Gasteiger partial charge in [0.2, 0.25) is 0 Å². The molecule has 0 N–H and O–H groups in total. The van der Waals surface area contributed by atoms with Gasteiger partial charge in [-0.1, -0.05) is 42.5 Å². The van der Waals surface area contributed by atoms with Crippen LogP contribution in [0.5, 0.6) is 11.5 Å². The van der Waals surface area contributed by atoms with Crippen molar-refractivity contribution in [2.24, 2.45) is 12.0 Å². The monoisotopic (exact) mass is 370 g/mol. The maximum Gasteiger partial charge on any atom is 0.252 e. The molecule has 0 aliphatic heterocycles. The summed E-state index contributed by atoms with van der Waals surface area (Å²) in [6.45, 7) is 2.11. The maximum absolute atomic E-state index is 12.4. The summed E-state index contributed by atoms with van der Waals surface area (Å²) < 4.78 is 13.6. The number of carbonyl (C=O) groups excluding carboxylic acids is 1. The molecule has 0 aliphatic carbocycles. The molecule has 6 heteroatoms. The number of carbonyl (C=O) groups is 1. The van der Waals surface area contributed by atoms with E-state index in [9.17, 15) is 4.79 Å². The number of aromatic nitrogens is 1. The highest BCUT2D eigenvalue weighted by Gasteiger charge is 2.11. The molecule has 0 bridgehead atoms. The number of rotatable bonds is 5. The highest BCUT2D eigenvalue weighted by molar-refractivity contribution is 7.16. The lowest BCUT2D eigenvalue weighted by atomic mass is 10.1. The number of hydrogen-bond donors (Lipinski definition) is 0. The number of amides is 1. The lowest BCUT2D eigenvalue weighted by Gasteiger charge is -2.07. The summed E-state index contributed by atoms with van der Waals surface area (Å²) in [5, 5.41) is 0. The van der Waals surface area contributed by atoms with Crippen molar-refractivity contribution in [1.29, 1.82) is 0 Å². The van der Waals surface area contributed by atoms with E-state index < -0.39 is 0 Å². The van der Waals surface area contributed by atoms with Crippen LogP contribution in [0.25, 0.3) is 10.2 Å². The largest absolute Gasteiger partial charge is 0.493 e. The Hall–Kier alpha value is -2.60. The number of ether oxygens (including phenoxy) is 2. The van der Waals surface area contributed by atoms with Crippen molar-refractivity contribution in [3.63, 3.8) is 0 Å². The molecule has 0 unspecified atom stereocenters. The van der Waals surface area contributed by atoms with Crippen molar-refractivity contribution < 1.29 is 14.3 Å². The van der Waals surface area contributed by atoms with Crippen LogP contribution in [0.1, 0.15) is 18.1 Å². The van der Waals surface area contributed by atoms with Crippen molar-refractivity contribution in [1.82, 2.24) is 4.57 Å². The van der Waals surface area contributed by atoms with Gasteiger partial charge in [0.25, 0.3) is 5.91 Å². The molecule has 1 heterocycles. The second kappa shape index (κ2) is 7.74. The van der Waals surface area contributed by atoms with Gasteiger partial charge in [0.15, 0.2) is 16.3 Å². The van der Waals surface area contributed by atoms with E-state index in [1.807, 2.05) is 35.9 Å². The van der Waals surface area contributed by atoms with E-state index in [0.717, 1.165) is 22.2 Å². The minimum absolute atomic E-state index is 0.157. The standard InChI is InChI=1S/C20H22N2O3S/c1-5-13-6-8-14(9-7-13)10-19(23)21-20-22(2)15-11-16(24-3)17(25-4)12-18(15)26-20/h6-9,11-12H,5,10H2,1-4H3. The molecule has 136 valence electrons. The fraction of sp³-hybridized carbons (Fsp3) is 0.300. The Kier molecular flexibility index (Phi) is 5.42. The number of hydrogen-bond acceptors (Lipinski definition) is 4. The second-order valence-corrected chi connectivity index (χ2v) is 6.98. The van der Waals surface area contributed by atoms with Crippen LogP contribution in [0, 0.1) is 0 Å². The van der Waals surface area contributed by atoms with Gasteiger partial charge in [-0.25, -0.2) is 0 Å². The molecule has 0 saturated carbocycles. The van der Waals surface area contributed by atoms with Crippen LogP contribution in [0.2, 0.25) is 0 Å². The third-order valence-corrected chi connectivity index (χ3v) is 5.42. The average molecular weight is 370 g/mol. The molecule has 0 radical (unpaired) electrons. The zero-order chi connectivity index (χ0) is 18.7. The van der Waals surface area contributed by atoms with Gasteiger partial charge in [0, 0.05) is 19.2 Å². The van der Waals surface area contributed by atoms with Crippen LogP contribution >= 0.6 is 11.3 Å². The van der Waals surface area contributed by atoms with Crippen LogP contribution in [-0.2, 0) is 24.7 Å². The van der Waals surface area contributed by atoms with Crippen LogP contribution in [0.3, 0.4) is 0 Å². The average Bonchev–Trinajstić information content (AvgIpc) is 2.95. The summed E-state index contributed by atoms with van der Waals surface area (Å²) in [4.78, 5) is 17.4. The molecule has 0 saturated heterocycles. The number of aryl methyl sites for hydroxylation is 2. The lowest BCUT2D eigenvalue weighted by molar-refractivity contribution is -0.117. The van der Waals surface area contributed by atoms with E-state index in [-0.39, 0.29) is 5.91 Å². The highest BCUT2D eigenvalue weighted by atomic mass is 32.1. The Bertz CT molecular complexity index is 1000. The van der Waals surface area contributed by atoms with Gasteiger partial charge in [-0.2, -0.15) is 4.99 Å². The van der Waals surface area contributed by atoms with Gasteiger partial charge in [-0.05, 0) is 17.5 Å². The first kappa shape index (κ1) is 18.2. The van der Waals surface area contributed by atoms with Crippen LogP contribution < -0.4 is 14.3 Å². The Morgan fingerprint density at radius 2 is 1.69 bits per heavy atom. The van der Waals surface area contributed by atoms with E-state index in [0.29, 0.717) is 22.7 Å². The predicted octanol–water partition coefficient (Wildman–Crippen LogP) is 3.49. The zero-order valence-corrected chi connectivity index (χ0v) is 16.2. The van der Waals surface area contributed by atoms with E-state index in [1.165, 1.54) is 16.9 Å². The zero-order valence-electron chi connectivity index (χ0n) is 15.4. The normalized spacial score (nSPS) is 11.8. The summed E-state index contributed by atoms with van der Waals surface area (Å²) in [5.41, 5.74) is 3.19. The van der Waals surface area contributed by atoms with Gasteiger partial charge < -0.3 is 14.0 Å². The number of benzene rings is 2. The third kappa shape index (κ3) is 3.65. The first-order valence-electron chi connectivity index (χ1n) is 8.42. The number of methoxy groups -OCH3 is 2. The van der Waals surface area contributed by atoms with Crippen LogP contribution in [0.15, 0.2) is 41.4 Å². The van der Waals surface area contributed by atoms with Gasteiger partial charge in [-0.15, -0.1) is 0 Å². The molecule has 1 amide bonds. The fourth-order valence-corrected chi connectivity index (χ4v) is 3.82. The number of thiazole rings is 1. The van der Waals surface area contributed by atoms with Gasteiger partial charge >= 0.3 is 0 Å². The summed E-state index contributed by atoms with van der Waals surface area (Å²) in [6.07, 6.45) is 1.29. The summed E-state index contributed by atoms with van der Waals surface area (Å²) in [5.74, 6) is 1.16. The van der Waals surface area contributed by atoms with E-state index in [4.69, 9.17) is 9.47 Å². The van der Waals surface area contributed by atoms with Gasteiger partial charge in [0.05, 0.1) is 30.9 Å². The molecule has 2 aromatic carbocycles. The molecule has 26 heavy (non-hydrogen) atoms. The summed E-state index contributed by atoms with van der Waals surface area (Å²) in [7, 11) is 5.11. The SMILES string of the molecule is CCc1ccc(CC(=O)N=c2sc3cc(OC)c(OC)cc3n2C)cc1. The fourth-order valence-electron chi connectivity index (χ4n) is 2.77. The molecule has 0 atom stereocenters. The maximum atomic E-state index is 12.4. The summed E-state index contributed by atoms with van der Waals surface area (Å²) in [6, 6.07) is 11.9. The van der Waals surface area contributed by atoms with Gasteiger partial charge in [-0.3, -0.25) is 4.79 Å². The Morgan fingerprint density at radius 1 is 1.08 bits per heavy atom. The minimum atomic E-state index is -0.157. The quantitative estimate of drug-likeness (QED) is 0.691. The molecule has 0 fully saturated rings. The van der Waals surface area contributed by atoms with Gasteiger partial charge in [0.1, 0.15) is 0 Å². The molecule has 0 spiro atoms. The molecule has 5 nitrogen and oxygen atoms in total. The first-order chi connectivity index (χ1) is 12.5.